The number of esters is 1. The van der Waals surface area contributed by atoms with Crippen molar-refractivity contribution in [1.82, 2.24) is 9.80 Å². The van der Waals surface area contributed by atoms with Crippen molar-refractivity contribution in [3.05, 3.63) is 71.0 Å². The van der Waals surface area contributed by atoms with E-state index in [9.17, 15) is 14.0 Å². The van der Waals surface area contributed by atoms with E-state index in [1.165, 1.54) is 11.6 Å². The largest absolute Gasteiger partial charge is 0.462 e. The van der Waals surface area contributed by atoms with Gasteiger partial charge >= 0.3 is 12.1 Å². The fourth-order valence-electron chi connectivity index (χ4n) is 5.49. The number of aryl methyl sites for hydroxylation is 1. The molecule has 0 spiro atoms. The number of nitrogens with zero attached hydrogens (tertiary/aromatic N) is 2. The summed E-state index contributed by atoms with van der Waals surface area (Å²) in [6.45, 7) is 11.6. The zero-order valence-corrected chi connectivity index (χ0v) is 23.8. The Bertz CT molecular complexity index is 1110. The Morgan fingerprint density at radius 1 is 1.08 bits per heavy atom. The second-order valence-electron chi connectivity index (χ2n) is 11.9. The number of rotatable bonds is 10. The predicted octanol–water partition coefficient (Wildman–Crippen LogP) is 6.44. The molecule has 2 fully saturated rings. The maximum absolute atomic E-state index is 13.8. The molecule has 2 aromatic rings. The van der Waals surface area contributed by atoms with Gasteiger partial charge in [0, 0.05) is 18.5 Å². The molecule has 0 radical (unpaired) electrons. The van der Waals surface area contributed by atoms with Gasteiger partial charge in [0.2, 0.25) is 0 Å². The fourth-order valence-corrected chi connectivity index (χ4v) is 5.49. The zero-order chi connectivity index (χ0) is 28.0. The van der Waals surface area contributed by atoms with Crippen LogP contribution in [0.2, 0.25) is 0 Å². The van der Waals surface area contributed by atoms with Crippen LogP contribution >= 0.6 is 0 Å². The molecule has 2 unspecified atom stereocenters. The maximum atomic E-state index is 13.8. The molecule has 2 atom stereocenters. The van der Waals surface area contributed by atoms with E-state index in [2.05, 4.69) is 4.90 Å². The minimum atomic E-state index is -0.554. The van der Waals surface area contributed by atoms with Gasteiger partial charge < -0.3 is 19.3 Å². The van der Waals surface area contributed by atoms with E-state index in [4.69, 9.17) is 9.47 Å². The third-order valence-corrected chi connectivity index (χ3v) is 7.63. The quantitative estimate of drug-likeness (QED) is 0.326. The average molecular weight is 539 g/mol. The van der Waals surface area contributed by atoms with E-state index in [0.717, 1.165) is 57.3 Å². The molecule has 0 aromatic heterocycles. The Morgan fingerprint density at radius 3 is 2.44 bits per heavy atom. The van der Waals surface area contributed by atoms with Crippen molar-refractivity contribution in [2.75, 3.05) is 32.8 Å². The van der Waals surface area contributed by atoms with Gasteiger partial charge in [0.25, 0.3) is 0 Å². The molecule has 1 saturated carbocycles. The Balaban J connectivity index is 1.25. The third kappa shape index (κ3) is 8.53. The molecule has 39 heavy (non-hydrogen) atoms. The lowest BCUT2D eigenvalue weighted by molar-refractivity contribution is 0.0171. The summed E-state index contributed by atoms with van der Waals surface area (Å²) in [5, 5.41) is 0. The average Bonchev–Trinajstić information content (AvgIpc) is 3.68. The van der Waals surface area contributed by atoms with Crippen molar-refractivity contribution in [1.29, 1.82) is 0 Å². The number of carbonyl (C=O) groups excluding carboxylic acids is 2. The van der Waals surface area contributed by atoms with Crippen molar-refractivity contribution in [3.63, 3.8) is 0 Å². The molecular formula is C32H43FN2O4. The molecule has 1 heterocycles. The maximum Gasteiger partial charge on any atom is 0.410 e. The van der Waals surface area contributed by atoms with Crippen LogP contribution in [0.5, 0.6) is 0 Å². The molecular weight excluding hydrogens is 495 g/mol. The van der Waals surface area contributed by atoms with Crippen LogP contribution in [0, 0.1) is 11.7 Å². The van der Waals surface area contributed by atoms with Crippen molar-refractivity contribution in [3.8, 4) is 0 Å². The van der Waals surface area contributed by atoms with Crippen molar-refractivity contribution >= 4 is 12.1 Å². The molecule has 0 N–H and O–H groups in total. The number of benzene rings is 2. The molecule has 7 heteroatoms. The molecule has 0 bridgehead atoms. The van der Waals surface area contributed by atoms with Crippen LogP contribution in [0.3, 0.4) is 0 Å². The van der Waals surface area contributed by atoms with Gasteiger partial charge in [-0.05, 0) is 121 Å². The lowest BCUT2D eigenvalue weighted by Gasteiger charge is -2.36. The van der Waals surface area contributed by atoms with Crippen molar-refractivity contribution in [2.45, 2.75) is 77.4 Å². The van der Waals surface area contributed by atoms with Crippen LogP contribution in [-0.4, -0.2) is 66.3 Å². The SMILES string of the molecule is CCOC(=O)c1ccc(CCCN2CCC(CN(C(=O)OC(C)(C)C)C3CC3c3cccc(F)c3)CC2)cc1. The van der Waals surface area contributed by atoms with Crippen LogP contribution in [-0.2, 0) is 15.9 Å². The number of amides is 1. The second-order valence-corrected chi connectivity index (χ2v) is 11.9. The Morgan fingerprint density at radius 2 is 1.79 bits per heavy atom. The number of hydrogen-bond acceptors (Lipinski definition) is 5. The number of hydrogen-bond donors (Lipinski definition) is 0. The van der Waals surface area contributed by atoms with E-state index in [1.807, 2.05) is 62.9 Å². The topological polar surface area (TPSA) is 59.1 Å². The lowest BCUT2D eigenvalue weighted by Crippen LogP contribution is -2.44. The first-order valence-electron chi connectivity index (χ1n) is 14.4. The van der Waals surface area contributed by atoms with Crippen LogP contribution < -0.4 is 0 Å². The summed E-state index contributed by atoms with van der Waals surface area (Å²) in [6, 6.07) is 14.5. The fraction of sp³-hybridized carbons (Fsp3) is 0.562. The predicted molar refractivity (Wildman–Crippen MR) is 150 cm³/mol. The van der Waals surface area contributed by atoms with Crippen LogP contribution in [0.25, 0.3) is 0 Å². The minimum absolute atomic E-state index is 0.0647. The number of halogens is 1. The summed E-state index contributed by atoms with van der Waals surface area (Å²) < 4.78 is 24.6. The Hall–Kier alpha value is -2.93. The van der Waals surface area contributed by atoms with Gasteiger partial charge in [-0.3, -0.25) is 0 Å². The van der Waals surface area contributed by atoms with Crippen molar-refractivity contribution in [2.24, 2.45) is 5.92 Å². The van der Waals surface area contributed by atoms with Gasteiger partial charge in [-0.2, -0.15) is 0 Å². The van der Waals surface area contributed by atoms with Crippen LogP contribution in [0.1, 0.15) is 80.8 Å². The number of ether oxygens (including phenoxy) is 2. The molecule has 212 valence electrons. The number of carbonyl (C=O) groups is 2. The highest BCUT2D eigenvalue weighted by Gasteiger charge is 2.46. The van der Waals surface area contributed by atoms with Crippen LogP contribution in [0.4, 0.5) is 9.18 Å². The van der Waals surface area contributed by atoms with Gasteiger partial charge in [-0.1, -0.05) is 24.3 Å². The summed E-state index contributed by atoms with van der Waals surface area (Å²) in [5.41, 5.74) is 2.22. The molecule has 1 amide bonds. The normalized spacial score (nSPS) is 19.9. The Labute approximate surface area is 232 Å². The standard InChI is InChI=1S/C32H43FN2O4/c1-5-38-30(36)25-13-11-23(12-14-25)8-7-17-34-18-15-24(16-19-34)22-35(31(37)39-32(2,3)4)29-21-28(29)26-9-6-10-27(33)20-26/h6,9-14,20,24,28-29H,5,7-8,15-19,21-22H2,1-4H3. The summed E-state index contributed by atoms with van der Waals surface area (Å²) in [5.74, 6) is 0.0870. The summed E-state index contributed by atoms with van der Waals surface area (Å²) in [6.07, 6.45) is 4.71. The molecule has 2 aliphatic rings. The van der Waals surface area contributed by atoms with Gasteiger partial charge in [-0.15, -0.1) is 0 Å². The first-order chi connectivity index (χ1) is 18.6. The van der Waals surface area contributed by atoms with Gasteiger partial charge in [-0.25, -0.2) is 14.0 Å². The van der Waals surface area contributed by atoms with E-state index in [1.54, 1.807) is 12.1 Å². The lowest BCUT2D eigenvalue weighted by atomic mass is 9.95. The first-order valence-corrected chi connectivity index (χ1v) is 14.4. The number of likely N-dealkylation sites (tertiary alicyclic amines) is 1. The monoisotopic (exact) mass is 538 g/mol. The van der Waals surface area contributed by atoms with Gasteiger partial charge in [0.05, 0.1) is 12.2 Å². The second kappa shape index (κ2) is 12.9. The van der Waals surface area contributed by atoms with Crippen LogP contribution in [0.15, 0.2) is 48.5 Å². The van der Waals surface area contributed by atoms with Gasteiger partial charge in [0.1, 0.15) is 11.4 Å². The molecule has 1 saturated heterocycles. The minimum Gasteiger partial charge on any atom is -0.462 e. The zero-order valence-electron chi connectivity index (χ0n) is 23.8. The summed E-state index contributed by atoms with van der Waals surface area (Å²) >= 11 is 0. The highest BCUT2D eigenvalue weighted by Crippen LogP contribution is 2.46. The highest BCUT2D eigenvalue weighted by molar-refractivity contribution is 5.89. The van der Waals surface area contributed by atoms with E-state index < -0.39 is 5.60 Å². The van der Waals surface area contributed by atoms with Crippen molar-refractivity contribution < 1.29 is 23.5 Å². The molecule has 1 aliphatic carbocycles. The Kier molecular flexibility index (Phi) is 9.65. The molecule has 4 rings (SSSR count). The molecule has 6 nitrogen and oxygen atoms in total. The van der Waals surface area contributed by atoms with E-state index in [-0.39, 0.29) is 29.8 Å². The molecule has 2 aromatic carbocycles. The van der Waals surface area contributed by atoms with E-state index in [0.29, 0.717) is 24.6 Å². The van der Waals surface area contributed by atoms with Gasteiger partial charge in [0.15, 0.2) is 0 Å². The smallest absolute Gasteiger partial charge is 0.410 e. The van der Waals surface area contributed by atoms with E-state index >= 15 is 0 Å². The first kappa shape index (κ1) is 29.1. The summed E-state index contributed by atoms with van der Waals surface area (Å²) in [7, 11) is 0. The number of piperidine rings is 1. The third-order valence-electron chi connectivity index (χ3n) is 7.63. The molecule has 1 aliphatic heterocycles. The summed E-state index contributed by atoms with van der Waals surface area (Å²) in [4.78, 5) is 29.4. The highest BCUT2D eigenvalue weighted by atomic mass is 19.1.